The molecule has 4 rings (SSSR count). The van der Waals surface area contributed by atoms with Crippen molar-refractivity contribution in [3.63, 3.8) is 0 Å². The number of para-hydroxylation sites is 1. The molecule has 0 saturated heterocycles. The standard InChI is InChI=1S/C21H23N3O2S/c1-3-24(12-19-22-16-7-5-4-6-15(16)20(25)23-19)21(26)18-11-14-10-13(2)8-9-17(14)27-18/h4-7,11,13H,3,8-10,12H2,1-2H3,(H,22,23,25)/t13-/m1/s1. The summed E-state index contributed by atoms with van der Waals surface area (Å²) in [6, 6.07) is 9.32. The van der Waals surface area contributed by atoms with Crippen molar-refractivity contribution in [3.05, 3.63) is 61.8 Å². The molecule has 1 amide bonds. The molecule has 1 aliphatic carbocycles. The molecule has 0 saturated carbocycles. The van der Waals surface area contributed by atoms with E-state index in [0.717, 1.165) is 17.7 Å². The molecule has 0 radical (unpaired) electrons. The van der Waals surface area contributed by atoms with Crippen LogP contribution in [0.5, 0.6) is 0 Å². The predicted octanol–water partition coefficient (Wildman–Crippen LogP) is 3.77. The molecule has 5 nitrogen and oxygen atoms in total. The Morgan fingerprint density at radius 2 is 2.19 bits per heavy atom. The topological polar surface area (TPSA) is 66.1 Å². The van der Waals surface area contributed by atoms with Gasteiger partial charge in [-0.05, 0) is 55.9 Å². The highest BCUT2D eigenvalue weighted by Crippen LogP contribution is 2.32. The Morgan fingerprint density at radius 3 is 3.00 bits per heavy atom. The van der Waals surface area contributed by atoms with Gasteiger partial charge in [0.2, 0.25) is 0 Å². The average molecular weight is 382 g/mol. The van der Waals surface area contributed by atoms with E-state index < -0.39 is 0 Å². The summed E-state index contributed by atoms with van der Waals surface area (Å²) >= 11 is 1.62. The number of benzene rings is 1. The van der Waals surface area contributed by atoms with Crippen molar-refractivity contribution in [2.45, 2.75) is 39.7 Å². The van der Waals surface area contributed by atoms with Gasteiger partial charge in [0.1, 0.15) is 5.82 Å². The fourth-order valence-corrected chi connectivity index (χ4v) is 4.86. The number of carbonyl (C=O) groups is 1. The molecular formula is C21H23N3O2S. The third kappa shape index (κ3) is 3.54. The van der Waals surface area contributed by atoms with Crippen molar-refractivity contribution in [1.29, 1.82) is 0 Å². The summed E-state index contributed by atoms with van der Waals surface area (Å²) in [7, 11) is 0. The van der Waals surface area contributed by atoms with Crippen molar-refractivity contribution in [2.24, 2.45) is 5.92 Å². The number of amides is 1. The SMILES string of the molecule is CCN(Cc1nc2ccccc2c(=O)[nH]1)C(=O)c1cc2c(s1)CC[C@@H](C)C2. The van der Waals surface area contributed by atoms with E-state index in [1.807, 2.05) is 25.1 Å². The number of aromatic amines is 1. The number of fused-ring (bicyclic) bond motifs is 2. The average Bonchev–Trinajstić information content (AvgIpc) is 3.09. The number of nitrogens with one attached hydrogen (secondary N) is 1. The zero-order valence-corrected chi connectivity index (χ0v) is 16.4. The normalized spacial score (nSPS) is 16.3. The lowest BCUT2D eigenvalue weighted by Crippen LogP contribution is -2.31. The van der Waals surface area contributed by atoms with Crippen molar-refractivity contribution < 1.29 is 4.79 Å². The van der Waals surface area contributed by atoms with Crippen LogP contribution in [0, 0.1) is 5.92 Å². The highest BCUT2D eigenvalue weighted by atomic mass is 32.1. The minimum absolute atomic E-state index is 0.0142. The number of aryl methyl sites for hydroxylation is 1. The molecule has 0 aliphatic heterocycles. The monoisotopic (exact) mass is 381 g/mol. The van der Waals surface area contributed by atoms with E-state index in [0.29, 0.717) is 35.7 Å². The van der Waals surface area contributed by atoms with Crippen LogP contribution in [0.4, 0.5) is 0 Å². The van der Waals surface area contributed by atoms with Gasteiger partial charge in [0.25, 0.3) is 11.5 Å². The van der Waals surface area contributed by atoms with Gasteiger partial charge in [0, 0.05) is 11.4 Å². The van der Waals surface area contributed by atoms with Gasteiger partial charge in [-0.25, -0.2) is 4.98 Å². The van der Waals surface area contributed by atoms with E-state index in [4.69, 9.17) is 0 Å². The largest absolute Gasteiger partial charge is 0.331 e. The molecule has 6 heteroatoms. The van der Waals surface area contributed by atoms with Crippen LogP contribution in [-0.4, -0.2) is 27.3 Å². The molecule has 2 aromatic heterocycles. The summed E-state index contributed by atoms with van der Waals surface area (Å²) in [5.41, 5.74) is 1.82. The summed E-state index contributed by atoms with van der Waals surface area (Å²) < 4.78 is 0. The zero-order valence-electron chi connectivity index (χ0n) is 15.6. The highest BCUT2D eigenvalue weighted by Gasteiger charge is 2.23. The molecule has 0 fully saturated rings. The van der Waals surface area contributed by atoms with Crippen molar-refractivity contribution in [3.8, 4) is 0 Å². The Balaban J connectivity index is 1.59. The number of thiophene rings is 1. The molecule has 2 heterocycles. The Labute approximate surface area is 162 Å². The van der Waals surface area contributed by atoms with Crippen LogP contribution in [0.15, 0.2) is 35.1 Å². The number of nitrogens with zero attached hydrogens (tertiary/aromatic N) is 2. The Bertz CT molecular complexity index is 1050. The summed E-state index contributed by atoms with van der Waals surface area (Å²) in [5.74, 6) is 1.22. The van der Waals surface area contributed by atoms with E-state index in [9.17, 15) is 9.59 Å². The van der Waals surface area contributed by atoms with E-state index in [1.165, 1.54) is 16.9 Å². The number of carbonyl (C=O) groups excluding carboxylic acids is 1. The first kappa shape index (κ1) is 17.9. The molecule has 1 atom stereocenters. The fraction of sp³-hybridized carbons (Fsp3) is 0.381. The molecule has 1 aromatic carbocycles. The van der Waals surface area contributed by atoms with Crippen LogP contribution in [0.3, 0.4) is 0 Å². The van der Waals surface area contributed by atoms with Gasteiger partial charge in [-0.2, -0.15) is 0 Å². The number of rotatable bonds is 4. The Kier molecular flexibility index (Phi) is 4.83. The third-order valence-corrected chi connectivity index (χ3v) is 6.44. The molecule has 27 heavy (non-hydrogen) atoms. The minimum Gasteiger partial charge on any atom is -0.331 e. The van der Waals surface area contributed by atoms with Gasteiger partial charge in [0.15, 0.2) is 0 Å². The van der Waals surface area contributed by atoms with Crippen LogP contribution < -0.4 is 5.56 Å². The number of aromatic nitrogens is 2. The van der Waals surface area contributed by atoms with Gasteiger partial charge in [0.05, 0.1) is 22.3 Å². The number of H-pyrrole nitrogens is 1. The maximum atomic E-state index is 13.0. The van der Waals surface area contributed by atoms with Gasteiger partial charge in [-0.3, -0.25) is 9.59 Å². The molecule has 1 aliphatic rings. The number of hydrogen-bond acceptors (Lipinski definition) is 4. The number of hydrogen-bond donors (Lipinski definition) is 1. The lowest BCUT2D eigenvalue weighted by atomic mass is 9.90. The first-order valence-electron chi connectivity index (χ1n) is 9.44. The molecule has 140 valence electrons. The van der Waals surface area contributed by atoms with Crippen LogP contribution in [0.25, 0.3) is 10.9 Å². The lowest BCUT2D eigenvalue weighted by molar-refractivity contribution is 0.0753. The smallest absolute Gasteiger partial charge is 0.264 e. The molecule has 0 bridgehead atoms. The second-order valence-electron chi connectivity index (χ2n) is 7.26. The zero-order chi connectivity index (χ0) is 19.0. The first-order chi connectivity index (χ1) is 13.0. The maximum absolute atomic E-state index is 13.0. The van der Waals surface area contributed by atoms with E-state index in [-0.39, 0.29) is 11.5 Å². The maximum Gasteiger partial charge on any atom is 0.264 e. The predicted molar refractivity (Wildman–Crippen MR) is 108 cm³/mol. The van der Waals surface area contributed by atoms with Crippen LogP contribution >= 0.6 is 11.3 Å². The van der Waals surface area contributed by atoms with Gasteiger partial charge >= 0.3 is 0 Å². The molecule has 3 aromatic rings. The van der Waals surface area contributed by atoms with Crippen LogP contribution in [0.1, 0.15) is 46.2 Å². The van der Waals surface area contributed by atoms with Crippen molar-refractivity contribution in [2.75, 3.05) is 6.54 Å². The summed E-state index contributed by atoms with van der Waals surface area (Å²) in [4.78, 5) is 36.6. The quantitative estimate of drug-likeness (QED) is 0.748. The van der Waals surface area contributed by atoms with Crippen LogP contribution in [0.2, 0.25) is 0 Å². The summed E-state index contributed by atoms with van der Waals surface area (Å²) in [5, 5.41) is 0.565. The summed E-state index contributed by atoms with van der Waals surface area (Å²) in [6.07, 6.45) is 3.33. The van der Waals surface area contributed by atoms with Gasteiger partial charge in [-0.1, -0.05) is 19.1 Å². The second kappa shape index (κ2) is 7.27. The molecule has 0 unspecified atom stereocenters. The van der Waals surface area contributed by atoms with E-state index in [2.05, 4.69) is 23.0 Å². The summed E-state index contributed by atoms with van der Waals surface area (Å²) in [6.45, 7) is 5.08. The second-order valence-corrected chi connectivity index (χ2v) is 8.39. The van der Waals surface area contributed by atoms with E-state index >= 15 is 0 Å². The Morgan fingerprint density at radius 1 is 1.37 bits per heavy atom. The molecule has 1 N–H and O–H groups in total. The molecule has 0 spiro atoms. The van der Waals surface area contributed by atoms with Gasteiger partial charge in [-0.15, -0.1) is 11.3 Å². The van der Waals surface area contributed by atoms with Crippen molar-refractivity contribution in [1.82, 2.24) is 14.9 Å². The lowest BCUT2D eigenvalue weighted by Gasteiger charge is -2.19. The highest BCUT2D eigenvalue weighted by molar-refractivity contribution is 7.14. The minimum atomic E-state index is -0.167. The van der Waals surface area contributed by atoms with E-state index in [1.54, 1.807) is 22.3 Å². The van der Waals surface area contributed by atoms with Crippen LogP contribution in [-0.2, 0) is 19.4 Å². The van der Waals surface area contributed by atoms with Crippen molar-refractivity contribution >= 4 is 28.1 Å². The first-order valence-corrected chi connectivity index (χ1v) is 10.3. The van der Waals surface area contributed by atoms with Gasteiger partial charge < -0.3 is 9.88 Å². The fourth-order valence-electron chi connectivity index (χ4n) is 3.68. The third-order valence-electron chi connectivity index (χ3n) is 5.21. The Hall–Kier alpha value is -2.47. The molecular weight excluding hydrogens is 358 g/mol.